The van der Waals surface area contributed by atoms with E-state index in [0.717, 1.165) is 17.7 Å². The maximum Gasteiger partial charge on any atom is 0.335 e. The minimum Gasteiger partial charge on any atom is -0.478 e. The van der Waals surface area contributed by atoms with Gasteiger partial charge >= 0.3 is 5.97 Å². The van der Waals surface area contributed by atoms with Crippen molar-refractivity contribution in [2.75, 3.05) is 16.8 Å². The van der Waals surface area contributed by atoms with Crippen molar-refractivity contribution in [2.24, 2.45) is 5.73 Å². The number of rotatable bonds is 6. The van der Waals surface area contributed by atoms with Gasteiger partial charge in [0.05, 0.1) is 11.6 Å². The SMILES string of the molecule is NC(Cc1cccc(N2CCCC2=O)c1)C(=O)Nc1ccc(C(=O)O)cc1. The second-order valence-corrected chi connectivity index (χ2v) is 6.50. The third-order valence-corrected chi connectivity index (χ3v) is 4.49. The van der Waals surface area contributed by atoms with E-state index < -0.39 is 12.0 Å². The number of nitrogens with zero attached hydrogens (tertiary/aromatic N) is 1. The van der Waals surface area contributed by atoms with Crippen molar-refractivity contribution in [3.8, 4) is 0 Å². The third-order valence-electron chi connectivity index (χ3n) is 4.49. The summed E-state index contributed by atoms with van der Waals surface area (Å²) in [5.41, 5.74) is 8.34. The molecule has 3 rings (SSSR count). The lowest BCUT2D eigenvalue weighted by Crippen LogP contribution is -2.37. The molecule has 2 amide bonds. The largest absolute Gasteiger partial charge is 0.478 e. The summed E-state index contributed by atoms with van der Waals surface area (Å²) in [6.07, 6.45) is 1.74. The molecule has 2 aromatic carbocycles. The highest BCUT2D eigenvalue weighted by Gasteiger charge is 2.22. The highest BCUT2D eigenvalue weighted by molar-refractivity contribution is 5.96. The zero-order chi connectivity index (χ0) is 19.4. The molecule has 0 aliphatic carbocycles. The van der Waals surface area contributed by atoms with Crippen molar-refractivity contribution in [3.05, 3.63) is 59.7 Å². The Morgan fingerprint density at radius 2 is 1.93 bits per heavy atom. The summed E-state index contributed by atoms with van der Waals surface area (Å²) in [7, 11) is 0. The molecular formula is C20H21N3O4. The van der Waals surface area contributed by atoms with Crippen LogP contribution in [0.4, 0.5) is 11.4 Å². The number of carbonyl (C=O) groups is 3. The van der Waals surface area contributed by atoms with Crippen molar-refractivity contribution >= 4 is 29.2 Å². The highest BCUT2D eigenvalue weighted by atomic mass is 16.4. The van der Waals surface area contributed by atoms with Crippen LogP contribution in [-0.4, -0.2) is 35.5 Å². The lowest BCUT2D eigenvalue weighted by Gasteiger charge is -2.18. The summed E-state index contributed by atoms with van der Waals surface area (Å²) in [6.45, 7) is 0.709. The Morgan fingerprint density at radius 3 is 2.56 bits per heavy atom. The zero-order valence-corrected chi connectivity index (χ0v) is 14.7. The van der Waals surface area contributed by atoms with E-state index in [2.05, 4.69) is 5.32 Å². The smallest absolute Gasteiger partial charge is 0.335 e. The van der Waals surface area contributed by atoms with Gasteiger partial charge in [-0.3, -0.25) is 9.59 Å². The molecule has 4 N–H and O–H groups in total. The Labute approximate surface area is 156 Å². The van der Waals surface area contributed by atoms with Gasteiger partial charge < -0.3 is 21.1 Å². The van der Waals surface area contributed by atoms with Gasteiger partial charge in [-0.25, -0.2) is 4.79 Å². The Morgan fingerprint density at radius 1 is 1.19 bits per heavy atom. The van der Waals surface area contributed by atoms with Gasteiger partial charge in [-0.15, -0.1) is 0 Å². The zero-order valence-electron chi connectivity index (χ0n) is 14.7. The predicted octanol–water partition coefficient (Wildman–Crippen LogP) is 2.02. The van der Waals surface area contributed by atoms with Crippen LogP contribution in [0.25, 0.3) is 0 Å². The van der Waals surface area contributed by atoms with Gasteiger partial charge in [0.2, 0.25) is 11.8 Å². The molecule has 0 spiro atoms. The number of anilines is 2. The molecule has 2 aromatic rings. The molecule has 1 aliphatic rings. The molecule has 1 saturated heterocycles. The van der Waals surface area contributed by atoms with Gasteiger partial charge in [-0.05, 0) is 54.8 Å². The first-order valence-corrected chi connectivity index (χ1v) is 8.73. The third kappa shape index (κ3) is 4.51. The summed E-state index contributed by atoms with van der Waals surface area (Å²) in [5, 5.41) is 11.6. The summed E-state index contributed by atoms with van der Waals surface area (Å²) < 4.78 is 0. The van der Waals surface area contributed by atoms with Gasteiger partial charge in [0, 0.05) is 24.3 Å². The van der Waals surface area contributed by atoms with Crippen molar-refractivity contribution in [3.63, 3.8) is 0 Å². The molecule has 1 fully saturated rings. The first kappa shape index (κ1) is 18.6. The first-order chi connectivity index (χ1) is 12.9. The van der Waals surface area contributed by atoms with Crippen LogP contribution in [0.5, 0.6) is 0 Å². The number of benzene rings is 2. The van der Waals surface area contributed by atoms with Crippen LogP contribution in [-0.2, 0) is 16.0 Å². The Bertz CT molecular complexity index is 864. The quantitative estimate of drug-likeness (QED) is 0.723. The molecule has 1 heterocycles. The van der Waals surface area contributed by atoms with Crippen molar-refractivity contribution < 1.29 is 19.5 Å². The Kier molecular flexibility index (Phi) is 5.52. The summed E-state index contributed by atoms with van der Waals surface area (Å²) in [6, 6.07) is 12.6. The number of carbonyl (C=O) groups excluding carboxylic acids is 2. The van der Waals surface area contributed by atoms with E-state index in [0.29, 0.717) is 25.1 Å². The lowest BCUT2D eigenvalue weighted by molar-refractivity contribution is -0.118. The van der Waals surface area contributed by atoms with Crippen molar-refractivity contribution in [2.45, 2.75) is 25.3 Å². The van der Waals surface area contributed by atoms with Gasteiger partial charge in [0.25, 0.3) is 0 Å². The van der Waals surface area contributed by atoms with Crippen LogP contribution >= 0.6 is 0 Å². The van der Waals surface area contributed by atoms with Crippen LogP contribution in [0.1, 0.15) is 28.8 Å². The fourth-order valence-corrected chi connectivity index (χ4v) is 3.05. The number of hydrogen-bond donors (Lipinski definition) is 3. The number of nitrogens with one attached hydrogen (secondary N) is 1. The summed E-state index contributed by atoms with van der Waals surface area (Å²) in [5.74, 6) is -1.28. The fourth-order valence-electron chi connectivity index (χ4n) is 3.05. The monoisotopic (exact) mass is 367 g/mol. The predicted molar refractivity (Wildman–Crippen MR) is 102 cm³/mol. The number of amides is 2. The maximum atomic E-state index is 12.3. The molecule has 1 unspecified atom stereocenters. The lowest BCUT2D eigenvalue weighted by atomic mass is 10.0. The van der Waals surface area contributed by atoms with Crippen LogP contribution < -0.4 is 16.0 Å². The Hall–Kier alpha value is -3.19. The topological polar surface area (TPSA) is 113 Å². The number of carboxylic acids is 1. The van der Waals surface area contributed by atoms with Crippen molar-refractivity contribution in [1.29, 1.82) is 0 Å². The average Bonchev–Trinajstić information content (AvgIpc) is 3.08. The van der Waals surface area contributed by atoms with E-state index >= 15 is 0 Å². The number of aromatic carboxylic acids is 1. The minimum atomic E-state index is -1.03. The van der Waals surface area contributed by atoms with Crippen LogP contribution in [0.3, 0.4) is 0 Å². The Balaban J connectivity index is 1.62. The molecule has 27 heavy (non-hydrogen) atoms. The van der Waals surface area contributed by atoms with E-state index in [1.54, 1.807) is 4.90 Å². The van der Waals surface area contributed by atoms with Gasteiger partial charge in [-0.1, -0.05) is 12.1 Å². The second-order valence-electron chi connectivity index (χ2n) is 6.50. The van der Waals surface area contributed by atoms with E-state index in [1.165, 1.54) is 24.3 Å². The number of carboxylic acid groups (broad SMARTS) is 1. The molecule has 7 heteroatoms. The van der Waals surface area contributed by atoms with Gasteiger partial charge in [0.15, 0.2) is 0 Å². The normalized spacial score (nSPS) is 14.9. The standard InChI is InChI=1S/C20H21N3O4/c21-17(19(25)22-15-8-6-14(7-9-15)20(26)27)12-13-3-1-4-16(11-13)23-10-2-5-18(23)24/h1,3-4,6-9,11,17H,2,5,10,12,21H2,(H,22,25)(H,26,27). The minimum absolute atomic E-state index is 0.110. The number of hydrogen-bond acceptors (Lipinski definition) is 4. The van der Waals surface area contributed by atoms with Crippen LogP contribution in [0, 0.1) is 0 Å². The van der Waals surface area contributed by atoms with Gasteiger partial charge in [-0.2, -0.15) is 0 Å². The summed E-state index contributed by atoms with van der Waals surface area (Å²) in [4.78, 5) is 36.8. The molecule has 0 radical (unpaired) electrons. The van der Waals surface area contributed by atoms with Crippen LogP contribution in [0.2, 0.25) is 0 Å². The molecule has 0 bridgehead atoms. The fraction of sp³-hybridized carbons (Fsp3) is 0.250. The summed E-state index contributed by atoms with van der Waals surface area (Å²) >= 11 is 0. The average molecular weight is 367 g/mol. The van der Waals surface area contributed by atoms with E-state index in [-0.39, 0.29) is 17.4 Å². The van der Waals surface area contributed by atoms with E-state index in [1.807, 2.05) is 24.3 Å². The molecule has 1 aliphatic heterocycles. The van der Waals surface area contributed by atoms with Crippen LogP contribution in [0.15, 0.2) is 48.5 Å². The maximum absolute atomic E-state index is 12.3. The van der Waals surface area contributed by atoms with E-state index in [9.17, 15) is 14.4 Å². The second kappa shape index (κ2) is 8.01. The molecule has 0 aromatic heterocycles. The molecular weight excluding hydrogens is 346 g/mol. The van der Waals surface area contributed by atoms with E-state index in [4.69, 9.17) is 10.8 Å². The molecule has 0 saturated carbocycles. The number of nitrogens with two attached hydrogens (primary N) is 1. The molecule has 1 atom stereocenters. The van der Waals surface area contributed by atoms with Crippen molar-refractivity contribution in [1.82, 2.24) is 0 Å². The highest BCUT2D eigenvalue weighted by Crippen LogP contribution is 2.22. The first-order valence-electron chi connectivity index (χ1n) is 8.73. The van der Waals surface area contributed by atoms with Gasteiger partial charge in [0.1, 0.15) is 0 Å². The molecule has 140 valence electrons. The molecule has 7 nitrogen and oxygen atoms in total.